The molecule has 1 saturated heterocycles. The number of aromatic nitrogens is 3. The Morgan fingerprint density at radius 3 is 2.56 bits per heavy atom. The fourth-order valence-corrected chi connectivity index (χ4v) is 3.98. The lowest BCUT2D eigenvalue weighted by Gasteiger charge is -2.30. The van der Waals surface area contributed by atoms with Gasteiger partial charge in [0.25, 0.3) is 0 Å². The summed E-state index contributed by atoms with van der Waals surface area (Å²) in [6, 6.07) is 11.1. The number of hydrogen-bond acceptors (Lipinski definition) is 4. The summed E-state index contributed by atoms with van der Waals surface area (Å²) < 4.78 is 2.05. The van der Waals surface area contributed by atoms with Crippen LogP contribution >= 0.6 is 23.2 Å². The summed E-state index contributed by atoms with van der Waals surface area (Å²) in [5, 5.41) is 12.3. The van der Waals surface area contributed by atoms with Crippen LogP contribution in [0.2, 0.25) is 10.0 Å². The van der Waals surface area contributed by atoms with Crippen molar-refractivity contribution in [3.63, 3.8) is 0 Å². The largest absolute Gasteiger partial charge is 0.322 e. The summed E-state index contributed by atoms with van der Waals surface area (Å²) in [7, 11) is 0. The number of hydrogen-bond donors (Lipinski definition) is 1. The number of nitrogens with one attached hydrogen (secondary N) is 1. The summed E-state index contributed by atoms with van der Waals surface area (Å²) in [4.78, 5) is 14.5. The van der Waals surface area contributed by atoms with Crippen molar-refractivity contribution >= 4 is 40.4 Å². The number of carbonyl (C=O) groups excluding carboxylic acids is 1. The molecule has 1 N–H and O–H groups in total. The average Bonchev–Trinajstić information content (AvgIpc) is 3.10. The number of halogens is 2. The first-order valence-corrected chi connectivity index (χ1v) is 9.63. The normalized spacial score (nSPS) is 15.9. The molecule has 0 unspecified atom stereocenters. The maximum absolute atomic E-state index is 12.4. The van der Waals surface area contributed by atoms with Crippen LogP contribution in [0.4, 0.5) is 5.69 Å². The van der Waals surface area contributed by atoms with Gasteiger partial charge in [0.15, 0.2) is 5.65 Å². The predicted molar refractivity (Wildman–Crippen MR) is 106 cm³/mol. The number of anilines is 1. The molecule has 0 radical (unpaired) electrons. The molecule has 0 atom stereocenters. The van der Waals surface area contributed by atoms with Crippen molar-refractivity contribution in [2.24, 2.45) is 0 Å². The van der Waals surface area contributed by atoms with Crippen LogP contribution in [0.5, 0.6) is 0 Å². The smallest absolute Gasteiger partial charge is 0.238 e. The van der Waals surface area contributed by atoms with Gasteiger partial charge in [-0.3, -0.25) is 14.1 Å². The Morgan fingerprint density at radius 1 is 1.07 bits per heavy atom. The number of benzene rings is 1. The number of likely N-dealkylation sites (tertiary alicyclic amines) is 1. The van der Waals surface area contributed by atoms with E-state index in [2.05, 4.69) is 20.4 Å². The van der Waals surface area contributed by atoms with E-state index in [-0.39, 0.29) is 5.91 Å². The van der Waals surface area contributed by atoms with E-state index in [0.29, 0.717) is 28.2 Å². The molecule has 140 valence electrons. The third-order valence-electron chi connectivity index (χ3n) is 4.89. The third-order valence-corrected chi connectivity index (χ3v) is 5.52. The van der Waals surface area contributed by atoms with E-state index in [9.17, 15) is 4.79 Å². The van der Waals surface area contributed by atoms with E-state index in [4.69, 9.17) is 23.2 Å². The Morgan fingerprint density at radius 2 is 1.81 bits per heavy atom. The molecule has 0 aliphatic carbocycles. The van der Waals surface area contributed by atoms with E-state index in [0.717, 1.165) is 37.4 Å². The van der Waals surface area contributed by atoms with Gasteiger partial charge in [-0.1, -0.05) is 35.3 Å². The molecule has 2 aromatic heterocycles. The first-order valence-electron chi connectivity index (χ1n) is 8.87. The molecule has 1 fully saturated rings. The number of carbonyl (C=O) groups is 1. The molecule has 1 aliphatic rings. The van der Waals surface area contributed by atoms with Gasteiger partial charge in [0.05, 0.1) is 22.3 Å². The fraction of sp³-hybridized carbons (Fsp3) is 0.316. The monoisotopic (exact) mass is 403 g/mol. The number of piperidine rings is 1. The van der Waals surface area contributed by atoms with Crippen LogP contribution in [-0.2, 0) is 4.79 Å². The van der Waals surface area contributed by atoms with Gasteiger partial charge in [0, 0.05) is 12.1 Å². The summed E-state index contributed by atoms with van der Waals surface area (Å²) >= 11 is 12.2. The fourth-order valence-electron chi connectivity index (χ4n) is 3.49. The Balaban J connectivity index is 1.35. The van der Waals surface area contributed by atoms with Crippen molar-refractivity contribution in [3.8, 4) is 0 Å². The number of rotatable bonds is 4. The molecule has 4 rings (SSSR count). The molecule has 1 amide bonds. The van der Waals surface area contributed by atoms with E-state index < -0.39 is 0 Å². The molecule has 6 nitrogen and oxygen atoms in total. The Bertz CT molecular complexity index is 945. The molecule has 8 heteroatoms. The second-order valence-electron chi connectivity index (χ2n) is 6.68. The highest BCUT2D eigenvalue weighted by atomic mass is 35.5. The first-order chi connectivity index (χ1) is 13.1. The van der Waals surface area contributed by atoms with Gasteiger partial charge >= 0.3 is 0 Å². The highest BCUT2D eigenvalue weighted by molar-refractivity contribution is 6.39. The highest BCUT2D eigenvalue weighted by Gasteiger charge is 2.25. The third kappa shape index (κ3) is 3.93. The van der Waals surface area contributed by atoms with Gasteiger partial charge in [-0.2, -0.15) is 0 Å². The van der Waals surface area contributed by atoms with Crippen LogP contribution < -0.4 is 5.32 Å². The van der Waals surface area contributed by atoms with Crippen molar-refractivity contribution in [2.75, 3.05) is 25.0 Å². The van der Waals surface area contributed by atoms with Crippen LogP contribution in [0.1, 0.15) is 24.6 Å². The quantitative estimate of drug-likeness (QED) is 0.718. The van der Waals surface area contributed by atoms with Crippen molar-refractivity contribution in [1.82, 2.24) is 19.5 Å². The zero-order valence-corrected chi connectivity index (χ0v) is 16.1. The standard InChI is InChI=1S/C19H19Cl2N5O/c20-14-4-3-5-15(21)18(14)22-17(27)12-25-10-7-13(8-11-25)19-24-23-16-6-1-2-9-26(16)19/h1-6,9,13H,7-8,10-12H2,(H,22,27). The second-order valence-corrected chi connectivity index (χ2v) is 7.50. The number of para-hydroxylation sites is 1. The van der Waals surface area contributed by atoms with Crippen LogP contribution in [0.25, 0.3) is 5.65 Å². The lowest BCUT2D eigenvalue weighted by atomic mass is 9.96. The van der Waals surface area contributed by atoms with Gasteiger partial charge in [-0.25, -0.2) is 0 Å². The second kappa shape index (κ2) is 7.84. The van der Waals surface area contributed by atoms with Crippen LogP contribution in [0.15, 0.2) is 42.6 Å². The topological polar surface area (TPSA) is 62.5 Å². The van der Waals surface area contributed by atoms with E-state index in [1.54, 1.807) is 18.2 Å². The zero-order chi connectivity index (χ0) is 18.8. The van der Waals surface area contributed by atoms with Crippen molar-refractivity contribution < 1.29 is 4.79 Å². The summed E-state index contributed by atoms with van der Waals surface area (Å²) in [6.07, 6.45) is 3.88. The van der Waals surface area contributed by atoms with Gasteiger partial charge in [0.1, 0.15) is 5.82 Å². The minimum absolute atomic E-state index is 0.114. The van der Waals surface area contributed by atoms with Gasteiger partial charge in [-0.05, 0) is 50.2 Å². The number of pyridine rings is 1. The molecule has 1 aromatic carbocycles. The summed E-state index contributed by atoms with van der Waals surface area (Å²) in [5.74, 6) is 1.23. The Labute approximate surface area is 167 Å². The van der Waals surface area contributed by atoms with Crippen molar-refractivity contribution in [3.05, 3.63) is 58.5 Å². The molecular weight excluding hydrogens is 385 g/mol. The molecule has 0 saturated carbocycles. The van der Waals surface area contributed by atoms with Crippen molar-refractivity contribution in [1.29, 1.82) is 0 Å². The molecule has 0 bridgehead atoms. The van der Waals surface area contributed by atoms with Crippen LogP contribution in [0, 0.1) is 0 Å². The van der Waals surface area contributed by atoms with E-state index >= 15 is 0 Å². The molecule has 3 heterocycles. The van der Waals surface area contributed by atoms with E-state index in [1.165, 1.54) is 0 Å². The maximum atomic E-state index is 12.4. The molecule has 0 spiro atoms. The molecule has 3 aromatic rings. The predicted octanol–water partition coefficient (Wildman–Crippen LogP) is 3.85. The number of fused-ring (bicyclic) bond motifs is 1. The number of nitrogens with zero attached hydrogens (tertiary/aromatic N) is 4. The lowest BCUT2D eigenvalue weighted by molar-refractivity contribution is -0.117. The SMILES string of the molecule is O=C(CN1CCC(c2nnc3ccccn23)CC1)Nc1c(Cl)cccc1Cl. The van der Waals surface area contributed by atoms with Crippen LogP contribution in [-0.4, -0.2) is 45.0 Å². The van der Waals surface area contributed by atoms with E-state index in [1.807, 2.05) is 28.8 Å². The van der Waals surface area contributed by atoms with Gasteiger partial charge < -0.3 is 5.32 Å². The Kier molecular flexibility index (Phi) is 5.29. The number of amides is 1. The zero-order valence-electron chi connectivity index (χ0n) is 14.6. The maximum Gasteiger partial charge on any atom is 0.238 e. The summed E-state index contributed by atoms with van der Waals surface area (Å²) in [6.45, 7) is 1.97. The first kappa shape index (κ1) is 18.2. The summed E-state index contributed by atoms with van der Waals surface area (Å²) in [5.41, 5.74) is 1.33. The van der Waals surface area contributed by atoms with Crippen LogP contribution in [0.3, 0.4) is 0 Å². The highest BCUT2D eigenvalue weighted by Crippen LogP contribution is 2.30. The lowest BCUT2D eigenvalue weighted by Crippen LogP contribution is -2.39. The minimum atomic E-state index is -0.114. The molecule has 1 aliphatic heterocycles. The van der Waals surface area contributed by atoms with Crippen molar-refractivity contribution in [2.45, 2.75) is 18.8 Å². The Hall–Kier alpha value is -2.15. The molecule has 27 heavy (non-hydrogen) atoms. The molecular formula is C19H19Cl2N5O. The minimum Gasteiger partial charge on any atom is -0.322 e. The average molecular weight is 404 g/mol. The van der Waals surface area contributed by atoms with Gasteiger partial charge in [-0.15, -0.1) is 10.2 Å². The van der Waals surface area contributed by atoms with Gasteiger partial charge in [0.2, 0.25) is 5.91 Å².